The third-order valence-corrected chi connectivity index (χ3v) is 4.29. The second-order valence-corrected chi connectivity index (χ2v) is 5.75. The summed E-state index contributed by atoms with van der Waals surface area (Å²) in [5, 5.41) is 17.1. The van der Waals surface area contributed by atoms with Crippen LogP contribution in [0, 0.1) is 0 Å². The lowest BCUT2D eigenvalue weighted by Gasteiger charge is -2.41. The van der Waals surface area contributed by atoms with Crippen molar-refractivity contribution in [1.82, 2.24) is 29.6 Å². The van der Waals surface area contributed by atoms with Crippen LogP contribution in [-0.4, -0.2) is 47.5 Å². The van der Waals surface area contributed by atoms with E-state index in [0.29, 0.717) is 23.1 Å². The van der Waals surface area contributed by atoms with Crippen LogP contribution in [0.25, 0.3) is 11.2 Å². The number of hydrogen-bond acceptors (Lipinski definition) is 5. The Morgan fingerprint density at radius 1 is 1.39 bits per heavy atom. The summed E-state index contributed by atoms with van der Waals surface area (Å²) in [6, 6.07) is 3.05. The molecule has 8 nitrogen and oxygen atoms in total. The molecule has 3 aromatic heterocycles. The van der Waals surface area contributed by atoms with Crippen molar-refractivity contribution in [1.29, 1.82) is 0 Å². The first-order valence-corrected chi connectivity index (χ1v) is 7.39. The fraction of sp³-hybridized carbons (Fsp3) is 0.333. The fourth-order valence-electron chi connectivity index (χ4n) is 3.03. The van der Waals surface area contributed by atoms with Crippen molar-refractivity contribution in [2.75, 3.05) is 0 Å². The van der Waals surface area contributed by atoms with Gasteiger partial charge in [0, 0.05) is 25.6 Å². The summed E-state index contributed by atoms with van der Waals surface area (Å²) in [5.41, 5.74) is 1.72. The van der Waals surface area contributed by atoms with E-state index in [2.05, 4.69) is 20.4 Å². The third kappa shape index (κ3) is 2.18. The lowest BCUT2D eigenvalue weighted by Crippen LogP contribution is -2.56. The molecule has 0 aliphatic heterocycles. The topological polar surface area (TPSA) is 97.9 Å². The molecule has 1 saturated carbocycles. The Hall–Kier alpha value is -2.74. The standard InChI is InChI=1S/C15H16N6O2/c1-20-8-17-12-9(3-5-16-14(12)20)15(23)19-10-7-11(22)13(10)21-6-2-4-18-21/h2-6,8,10-11,13,22H,7H2,1H3,(H,19,23)/t10-,11+,13+/m0/s1. The van der Waals surface area contributed by atoms with Crippen LogP contribution in [0.5, 0.6) is 0 Å². The highest BCUT2D eigenvalue weighted by Crippen LogP contribution is 2.32. The van der Waals surface area contributed by atoms with Crippen LogP contribution in [0.15, 0.2) is 37.1 Å². The highest BCUT2D eigenvalue weighted by Gasteiger charge is 2.42. The number of pyridine rings is 1. The summed E-state index contributed by atoms with van der Waals surface area (Å²) in [6.45, 7) is 0. The molecule has 0 bridgehead atoms. The normalized spacial score (nSPS) is 23.7. The van der Waals surface area contributed by atoms with E-state index < -0.39 is 6.10 Å². The average molecular weight is 312 g/mol. The number of amides is 1. The van der Waals surface area contributed by atoms with Gasteiger partial charge in [-0.1, -0.05) is 0 Å². The summed E-state index contributed by atoms with van der Waals surface area (Å²) in [7, 11) is 1.83. The van der Waals surface area contributed by atoms with Crippen molar-refractivity contribution < 1.29 is 9.90 Å². The van der Waals surface area contributed by atoms with Crippen molar-refractivity contribution in [3.63, 3.8) is 0 Å². The minimum atomic E-state index is -0.507. The molecule has 0 aromatic carbocycles. The Balaban J connectivity index is 1.58. The van der Waals surface area contributed by atoms with Gasteiger partial charge < -0.3 is 15.0 Å². The van der Waals surface area contributed by atoms with Gasteiger partial charge in [0.05, 0.1) is 30.1 Å². The van der Waals surface area contributed by atoms with E-state index in [4.69, 9.17) is 0 Å². The van der Waals surface area contributed by atoms with Gasteiger partial charge in [0.15, 0.2) is 5.65 Å². The van der Waals surface area contributed by atoms with Gasteiger partial charge in [-0.3, -0.25) is 9.48 Å². The Morgan fingerprint density at radius 3 is 3.00 bits per heavy atom. The van der Waals surface area contributed by atoms with E-state index in [9.17, 15) is 9.90 Å². The summed E-state index contributed by atoms with van der Waals surface area (Å²) >= 11 is 0. The Labute approximate surface area is 131 Å². The molecule has 0 radical (unpaired) electrons. The zero-order valence-electron chi connectivity index (χ0n) is 12.5. The van der Waals surface area contributed by atoms with Crippen molar-refractivity contribution in [2.45, 2.75) is 24.6 Å². The van der Waals surface area contributed by atoms with Crippen LogP contribution in [0.2, 0.25) is 0 Å². The third-order valence-electron chi connectivity index (χ3n) is 4.29. The van der Waals surface area contributed by atoms with Gasteiger partial charge in [-0.2, -0.15) is 5.10 Å². The molecule has 0 spiro atoms. The summed E-state index contributed by atoms with van der Waals surface area (Å²) in [6.07, 6.45) is 6.67. The lowest BCUT2D eigenvalue weighted by molar-refractivity contribution is -0.00586. The van der Waals surface area contributed by atoms with Gasteiger partial charge in [-0.15, -0.1) is 0 Å². The summed E-state index contributed by atoms with van der Waals surface area (Å²) in [5.74, 6) is -0.217. The second kappa shape index (κ2) is 5.17. The molecule has 0 unspecified atom stereocenters. The minimum Gasteiger partial charge on any atom is -0.391 e. The van der Waals surface area contributed by atoms with Crippen LogP contribution >= 0.6 is 0 Å². The average Bonchev–Trinajstić information content (AvgIpc) is 3.17. The van der Waals surface area contributed by atoms with Crippen LogP contribution in [0.3, 0.4) is 0 Å². The molecule has 23 heavy (non-hydrogen) atoms. The monoisotopic (exact) mass is 312 g/mol. The first kappa shape index (κ1) is 13.9. The summed E-state index contributed by atoms with van der Waals surface area (Å²) in [4.78, 5) is 21.1. The molecule has 0 saturated heterocycles. The van der Waals surface area contributed by atoms with E-state index >= 15 is 0 Å². The van der Waals surface area contributed by atoms with Gasteiger partial charge in [-0.05, 0) is 18.6 Å². The Bertz CT molecular complexity index is 856. The molecule has 3 aromatic rings. The molecule has 1 aliphatic rings. The van der Waals surface area contributed by atoms with E-state index in [1.807, 2.05) is 7.05 Å². The summed E-state index contributed by atoms with van der Waals surface area (Å²) < 4.78 is 3.45. The molecular formula is C15H16N6O2. The molecule has 118 valence electrons. The number of imidazole rings is 1. The zero-order valence-corrected chi connectivity index (χ0v) is 12.5. The number of aliphatic hydroxyl groups excluding tert-OH is 1. The SMILES string of the molecule is Cn1cnc2c(C(=O)N[C@H]3C[C@@H](O)[C@@H]3n3cccn3)ccnc21. The Kier molecular flexibility index (Phi) is 3.12. The largest absolute Gasteiger partial charge is 0.391 e. The molecule has 1 aliphatic carbocycles. The number of nitrogens with zero attached hydrogens (tertiary/aromatic N) is 5. The molecule has 1 amide bonds. The lowest BCUT2D eigenvalue weighted by atomic mass is 9.83. The van der Waals surface area contributed by atoms with Crippen molar-refractivity contribution in [3.8, 4) is 0 Å². The maximum Gasteiger partial charge on any atom is 0.253 e. The number of hydrogen-bond donors (Lipinski definition) is 2. The van der Waals surface area contributed by atoms with Crippen molar-refractivity contribution in [3.05, 3.63) is 42.6 Å². The maximum absolute atomic E-state index is 12.6. The number of nitrogens with one attached hydrogen (secondary N) is 1. The minimum absolute atomic E-state index is 0.163. The van der Waals surface area contributed by atoms with E-state index in [-0.39, 0.29) is 18.0 Å². The van der Waals surface area contributed by atoms with Gasteiger partial charge in [0.25, 0.3) is 5.91 Å². The highest BCUT2D eigenvalue weighted by molar-refractivity contribution is 6.04. The quantitative estimate of drug-likeness (QED) is 0.723. The molecular weight excluding hydrogens is 296 g/mol. The Morgan fingerprint density at radius 2 is 2.26 bits per heavy atom. The van der Waals surface area contributed by atoms with Crippen LogP contribution in [0.4, 0.5) is 0 Å². The smallest absolute Gasteiger partial charge is 0.253 e. The number of rotatable bonds is 3. The number of aromatic nitrogens is 5. The molecule has 2 N–H and O–H groups in total. The van der Waals surface area contributed by atoms with E-state index in [0.717, 1.165) is 0 Å². The van der Waals surface area contributed by atoms with E-state index in [1.54, 1.807) is 46.3 Å². The van der Waals surface area contributed by atoms with Crippen molar-refractivity contribution >= 4 is 17.1 Å². The number of aliphatic hydroxyl groups is 1. The first-order chi connectivity index (χ1) is 11.1. The number of fused-ring (bicyclic) bond motifs is 1. The molecule has 3 atom stereocenters. The molecule has 1 fully saturated rings. The van der Waals surface area contributed by atoms with Gasteiger partial charge >= 0.3 is 0 Å². The van der Waals surface area contributed by atoms with E-state index in [1.165, 1.54) is 0 Å². The maximum atomic E-state index is 12.6. The predicted molar refractivity (Wildman–Crippen MR) is 81.7 cm³/mol. The molecule has 8 heteroatoms. The fourth-order valence-corrected chi connectivity index (χ4v) is 3.03. The highest BCUT2D eigenvalue weighted by atomic mass is 16.3. The number of carbonyl (C=O) groups is 1. The van der Waals surface area contributed by atoms with Crippen LogP contribution in [-0.2, 0) is 7.05 Å². The first-order valence-electron chi connectivity index (χ1n) is 7.39. The van der Waals surface area contributed by atoms with Crippen LogP contribution in [0.1, 0.15) is 22.8 Å². The second-order valence-electron chi connectivity index (χ2n) is 5.75. The van der Waals surface area contributed by atoms with Gasteiger partial charge in [0.1, 0.15) is 5.52 Å². The molecule has 4 rings (SSSR count). The number of aryl methyl sites for hydroxylation is 1. The van der Waals surface area contributed by atoms with Gasteiger partial charge in [-0.25, -0.2) is 9.97 Å². The van der Waals surface area contributed by atoms with Crippen molar-refractivity contribution in [2.24, 2.45) is 7.05 Å². The molecule has 3 heterocycles. The van der Waals surface area contributed by atoms with Gasteiger partial charge in [0.2, 0.25) is 0 Å². The zero-order chi connectivity index (χ0) is 16.0. The van der Waals surface area contributed by atoms with Crippen LogP contribution < -0.4 is 5.32 Å². The predicted octanol–water partition coefficient (Wildman–Crippen LogP) is 0.269. The number of carbonyl (C=O) groups excluding carboxylic acids is 1.